The van der Waals surface area contributed by atoms with Gasteiger partial charge in [0.25, 0.3) is 0 Å². The smallest absolute Gasteiger partial charge is 0.349 e. The number of nitrogens with zero attached hydrogens (tertiary/aromatic N) is 2. The van der Waals surface area contributed by atoms with Crippen molar-refractivity contribution < 1.29 is 9.90 Å². The summed E-state index contributed by atoms with van der Waals surface area (Å²) in [5, 5.41) is 9.58. The quantitative estimate of drug-likeness (QED) is 0.934. The van der Waals surface area contributed by atoms with Crippen LogP contribution in [-0.4, -0.2) is 23.1 Å². The molecule has 0 aliphatic rings. The summed E-state index contributed by atoms with van der Waals surface area (Å²) in [6.45, 7) is 4.03. The maximum Gasteiger partial charge on any atom is 0.349 e. The Balaban J connectivity index is 2.41. The number of benzene rings is 1. The highest BCUT2D eigenvalue weighted by Gasteiger charge is 2.18. The predicted octanol–water partition coefficient (Wildman–Crippen LogP) is 3.88. The third kappa shape index (κ3) is 2.88. The summed E-state index contributed by atoms with van der Waals surface area (Å²) in [5.74, 6) is -1.05. The number of aromatic carboxylic acids is 1. The van der Waals surface area contributed by atoms with Crippen LogP contribution in [0.15, 0.2) is 18.2 Å². The van der Waals surface area contributed by atoms with Gasteiger partial charge in [-0.3, -0.25) is 0 Å². The molecular formula is C13H13ClN2O2S. The Morgan fingerprint density at radius 1 is 1.32 bits per heavy atom. The molecule has 2 aromatic rings. The summed E-state index contributed by atoms with van der Waals surface area (Å²) in [6, 6.07) is 6.11. The lowest BCUT2D eigenvalue weighted by molar-refractivity contribution is 0.0702. The van der Waals surface area contributed by atoms with Gasteiger partial charge in [0.2, 0.25) is 0 Å². The molecule has 0 saturated carbocycles. The second-order valence-electron chi connectivity index (χ2n) is 4.33. The minimum absolute atomic E-state index is 0.0312. The maximum absolute atomic E-state index is 11.0. The van der Waals surface area contributed by atoms with Gasteiger partial charge < -0.3 is 10.0 Å². The minimum Gasteiger partial charge on any atom is -0.477 e. The van der Waals surface area contributed by atoms with Crippen molar-refractivity contribution in [1.29, 1.82) is 0 Å². The van der Waals surface area contributed by atoms with Crippen molar-refractivity contribution >= 4 is 39.7 Å². The third-order valence-electron chi connectivity index (χ3n) is 2.65. The summed E-state index contributed by atoms with van der Waals surface area (Å²) in [5.41, 5.74) is 3.24. The van der Waals surface area contributed by atoms with Gasteiger partial charge in [-0.1, -0.05) is 29.0 Å². The molecule has 0 unspecified atom stereocenters. The lowest BCUT2D eigenvalue weighted by atomic mass is 10.1. The van der Waals surface area contributed by atoms with Crippen molar-refractivity contribution in [2.75, 3.05) is 11.9 Å². The molecule has 19 heavy (non-hydrogen) atoms. The molecule has 1 heterocycles. The van der Waals surface area contributed by atoms with E-state index in [1.54, 1.807) is 0 Å². The van der Waals surface area contributed by atoms with Crippen LogP contribution in [0.2, 0.25) is 5.15 Å². The van der Waals surface area contributed by atoms with Gasteiger partial charge in [-0.2, -0.15) is 0 Å². The molecule has 1 N–H and O–H groups in total. The van der Waals surface area contributed by atoms with E-state index >= 15 is 0 Å². The number of halogens is 1. The maximum atomic E-state index is 11.0. The summed E-state index contributed by atoms with van der Waals surface area (Å²) in [4.78, 5) is 17.0. The molecule has 0 bridgehead atoms. The number of hydrogen-bond donors (Lipinski definition) is 1. The first-order valence-electron chi connectivity index (χ1n) is 5.60. The molecule has 0 atom stereocenters. The van der Waals surface area contributed by atoms with Gasteiger partial charge in [0.05, 0.1) is 0 Å². The zero-order valence-corrected chi connectivity index (χ0v) is 12.3. The molecule has 0 aliphatic heterocycles. The van der Waals surface area contributed by atoms with Gasteiger partial charge >= 0.3 is 5.97 Å². The first-order valence-corrected chi connectivity index (χ1v) is 6.79. The summed E-state index contributed by atoms with van der Waals surface area (Å²) in [6.07, 6.45) is 0. The Labute approximate surface area is 120 Å². The Hall–Kier alpha value is -1.59. The molecule has 0 radical (unpaired) electrons. The standard InChI is InChI=1S/C13H13ClN2O2S/c1-7-4-8(2)6-9(5-7)16(3)13-15-11(14)10(19-13)12(17)18/h4-6H,1-3H3,(H,17,18). The van der Waals surface area contributed by atoms with Crippen molar-refractivity contribution in [3.8, 4) is 0 Å². The van der Waals surface area contributed by atoms with E-state index < -0.39 is 5.97 Å². The molecule has 1 aromatic heterocycles. The molecule has 4 nitrogen and oxygen atoms in total. The minimum atomic E-state index is -1.05. The van der Waals surface area contributed by atoms with Gasteiger partial charge in [0.1, 0.15) is 0 Å². The zero-order valence-electron chi connectivity index (χ0n) is 10.8. The van der Waals surface area contributed by atoms with Crippen molar-refractivity contribution in [2.24, 2.45) is 0 Å². The third-order valence-corrected chi connectivity index (χ3v) is 4.15. The fraction of sp³-hybridized carbons (Fsp3) is 0.231. The van der Waals surface area contributed by atoms with E-state index in [2.05, 4.69) is 11.1 Å². The first-order chi connectivity index (χ1) is 8.88. The molecule has 0 spiro atoms. The molecule has 6 heteroatoms. The van der Waals surface area contributed by atoms with E-state index in [-0.39, 0.29) is 10.0 Å². The van der Waals surface area contributed by atoms with Crippen LogP contribution >= 0.6 is 22.9 Å². The van der Waals surface area contributed by atoms with E-state index in [1.807, 2.05) is 37.9 Å². The molecule has 0 fully saturated rings. The molecule has 100 valence electrons. The van der Waals surface area contributed by atoms with Crippen molar-refractivity contribution in [3.63, 3.8) is 0 Å². The number of anilines is 2. The number of hydrogen-bond acceptors (Lipinski definition) is 4. The van der Waals surface area contributed by atoms with Crippen LogP contribution in [0.3, 0.4) is 0 Å². The van der Waals surface area contributed by atoms with Crippen LogP contribution in [0.5, 0.6) is 0 Å². The Kier molecular flexibility index (Phi) is 3.78. The van der Waals surface area contributed by atoms with Crippen LogP contribution in [-0.2, 0) is 0 Å². The predicted molar refractivity (Wildman–Crippen MR) is 78.1 cm³/mol. The van der Waals surface area contributed by atoms with E-state index in [4.69, 9.17) is 16.7 Å². The first kappa shape index (κ1) is 13.8. The Bertz CT molecular complexity index is 619. The lowest BCUT2D eigenvalue weighted by Gasteiger charge is -2.17. The fourth-order valence-corrected chi connectivity index (χ4v) is 2.93. The Morgan fingerprint density at radius 3 is 2.37 bits per heavy atom. The van der Waals surface area contributed by atoms with E-state index in [0.29, 0.717) is 5.13 Å². The molecule has 1 aromatic carbocycles. The average molecular weight is 297 g/mol. The normalized spacial score (nSPS) is 10.5. The van der Waals surface area contributed by atoms with Gasteiger partial charge in [0, 0.05) is 12.7 Å². The van der Waals surface area contributed by atoms with Crippen LogP contribution in [0, 0.1) is 13.8 Å². The highest BCUT2D eigenvalue weighted by atomic mass is 35.5. The van der Waals surface area contributed by atoms with E-state index in [1.165, 1.54) is 0 Å². The van der Waals surface area contributed by atoms with Gasteiger partial charge in [-0.05, 0) is 37.1 Å². The number of carboxylic acid groups (broad SMARTS) is 1. The highest BCUT2D eigenvalue weighted by molar-refractivity contribution is 7.18. The number of thiazole rings is 1. The summed E-state index contributed by atoms with van der Waals surface area (Å²) in [7, 11) is 1.84. The average Bonchev–Trinajstić information content (AvgIpc) is 2.69. The van der Waals surface area contributed by atoms with Gasteiger partial charge in [0.15, 0.2) is 15.2 Å². The Morgan fingerprint density at radius 2 is 1.89 bits per heavy atom. The molecule has 0 saturated heterocycles. The highest BCUT2D eigenvalue weighted by Crippen LogP contribution is 2.33. The van der Waals surface area contributed by atoms with Gasteiger partial charge in [-0.15, -0.1) is 0 Å². The van der Waals surface area contributed by atoms with Crippen LogP contribution < -0.4 is 4.90 Å². The number of rotatable bonds is 3. The SMILES string of the molecule is Cc1cc(C)cc(N(C)c2nc(Cl)c(C(=O)O)s2)c1. The van der Waals surface area contributed by atoms with Crippen LogP contribution in [0.25, 0.3) is 0 Å². The molecule has 0 aliphatic carbocycles. The van der Waals surface area contributed by atoms with E-state index in [0.717, 1.165) is 28.2 Å². The topological polar surface area (TPSA) is 53.4 Å². The molecule has 0 amide bonds. The molecular weight excluding hydrogens is 284 g/mol. The summed E-state index contributed by atoms with van der Waals surface area (Å²) >= 11 is 6.89. The second-order valence-corrected chi connectivity index (χ2v) is 5.66. The monoisotopic (exact) mass is 296 g/mol. The fourth-order valence-electron chi connectivity index (χ4n) is 1.82. The number of aryl methyl sites for hydroxylation is 2. The largest absolute Gasteiger partial charge is 0.477 e. The number of carboxylic acids is 1. The summed E-state index contributed by atoms with van der Waals surface area (Å²) < 4.78 is 0. The second kappa shape index (κ2) is 5.19. The van der Waals surface area contributed by atoms with E-state index in [9.17, 15) is 4.79 Å². The van der Waals surface area contributed by atoms with Gasteiger partial charge in [-0.25, -0.2) is 9.78 Å². The lowest BCUT2D eigenvalue weighted by Crippen LogP contribution is -2.09. The van der Waals surface area contributed by atoms with Crippen molar-refractivity contribution in [3.05, 3.63) is 39.4 Å². The number of carbonyl (C=O) groups is 1. The van der Waals surface area contributed by atoms with Crippen LogP contribution in [0.1, 0.15) is 20.8 Å². The van der Waals surface area contributed by atoms with Crippen molar-refractivity contribution in [2.45, 2.75) is 13.8 Å². The zero-order chi connectivity index (χ0) is 14.2. The number of aromatic nitrogens is 1. The molecule has 2 rings (SSSR count). The van der Waals surface area contributed by atoms with Crippen molar-refractivity contribution in [1.82, 2.24) is 4.98 Å². The van der Waals surface area contributed by atoms with Crippen LogP contribution in [0.4, 0.5) is 10.8 Å².